The molecule has 5 nitrogen and oxygen atoms in total. The predicted molar refractivity (Wildman–Crippen MR) is 50.9 cm³/mol. The van der Waals surface area contributed by atoms with Crippen molar-refractivity contribution in [2.75, 3.05) is 0 Å². The van der Waals surface area contributed by atoms with Crippen LogP contribution in [0, 0.1) is 0 Å². The summed E-state index contributed by atoms with van der Waals surface area (Å²) < 4.78 is 15.4. The molecule has 1 aliphatic heterocycles. The molecule has 0 amide bonds. The fourth-order valence-electron chi connectivity index (χ4n) is 1.64. The van der Waals surface area contributed by atoms with Gasteiger partial charge in [0.25, 0.3) is 0 Å². The van der Waals surface area contributed by atoms with Crippen molar-refractivity contribution >= 4 is 11.9 Å². The Bertz CT molecular complexity index is 226. The summed E-state index contributed by atoms with van der Waals surface area (Å²) in [5, 5.41) is 0. The van der Waals surface area contributed by atoms with E-state index in [4.69, 9.17) is 14.2 Å². The Kier molecular flexibility index (Phi) is 4.08. The molecule has 15 heavy (non-hydrogen) atoms. The van der Waals surface area contributed by atoms with Gasteiger partial charge in [-0.25, -0.2) is 0 Å². The molecule has 0 aliphatic carbocycles. The van der Waals surface area contributed by atoms with Crippen molar-refractivity contribution in [2.45, 2.75) is 52.1 Å². The minimum atomic E-state index is -0.601. The zero-order valence-electron chi connectivity index (χ0n) is 9.19. The minimum Gasteiger partial charge on any atom is -0.462 e. The summed E-state index contributed by atoms with van der Waals surface area (Å²) in [6.07, 6.45) is 0.138. The molecule has 1 heterocycles. The Balaban J connectivity index is 2.47. The van der Waals surface area contributed by atoms with Gasteiger partial charge in [-0.1, -0.05) is 0 Å². The number of carbonyl (C=O) groups excluding carboxylic acids is 2. The van der Waals surface area contributed by atoms with Crippen LogP contribution in [0.15, 0.2) is 0 Å². The van der Waals surface area contributed by atoms with E-state index in [1.807, 2.05) is 6.92 Å². The molecular formula is C10H16O5. The lowest BCUT2D eigenvalue weighted by atomic mass is 10.1. The van der Waals surface area contributed by atoms with Crippen LogP contribution in [-0.4, -0.2) is 30.4 Å². The van der Waals surface area contributed by atoms with E-state index < -0.39 is 12.3 Å². The van der Waals surface area contributed by atoms with Crippen LogP contribution in [0.25, 0.3) is 0 Å². The van der Waals surface area contributed by atoms with Crippen molar-refractivity contribution in [3.8, 4) is 0 Å². The molecular weight excluding hydrogens is 200 g/mol. The zero-order valence-corrected chi connectivity index (χ0v) is 9.19. The third-order valence-electron chi connectivity index (χ3n) is 2.06. The summed E-state index contributed by atoms with van der Waals surface area (Å²) >= 11 is 0. The van der Waals surface area contributed by atoms with Gasteiger partial charge in [0, 0.05) is 26.7 Å². The predicted octanol–water partition coefficient (Wildman–Crippen LogP) is 1.01. The summed E-state index contributed by atoms with van der Waals surface area (Å²) in [5.74, 6) is -0.716. The molecule has 1 aliphatic rings. The number of carbonyl (C=O) groups is 2. The summed E-state index contributed by atoms with van der Waals surface area (Å²) in [6.45, 7) is 4.54. The molecule has 86 valence electrons. The maximum atomic E-state index is 10.8. The molecule has 1 saturated heterocycles. The second kappa shape index (κ2) is 5.11. The van der Waals surface area contributed by atoms with Crippen LogP contribution in [-0.2, 0) is 23.8 Å². The summed E-state index contributed by atoms with van der Waals surface area (Å²) in [4.78, 5) is 21.5. The molecule has 0 N–H and O–H groups in total. The highest BCUT2D eigenvalue weighted by molar-refractivity contribution is 5.66. The average molecular weight is 216 g/mol. The van der Waals surface area contributed by atoms with Gasteiger partial charge in [-0.05, 0) is 6.92 Å². The Hall–Kier alpha value is -1.10. The lowest BCUT2D eigenvalue weighted by molar-refractivity contribution is -0.215. The van der Waals surface area contributed by atoms with Crippen molar-refractivity contribution < 1.29 is 23.8 Å². The number of ether oxygens (including phenoxy) is 3. The van der Waals surface area contributed by atoms with Gasteiger partial charge in [0.2, 0.25) is 6.29 Å². The highest BCUT2D eigenvalue weighted by atomic mass is 16.7. The molecule has 0 aromatic rings. The minimum absolute atomic E-state index is 0.0764. The highest BCUT2D eigenvalue weighted by Crippen LogP contribution is 2.22. The van der Waals surface area contributed by atoms with E-state index in [0.717, 1.165) is 0 Å². The van der Waals surface area contributed by atoms with Gasteiger partial charge in [-0.15, -0.1) is 0 Å². The molecule has 0 saturated carbocycles. The largest absolute Gasteiger partial charge is 0.462 e. The van der Waals surface area contributed by atoms with Crippen LogP contribution >= 0.6 is 0 Å². The van der Waals surface area contributed by atoms with E-state index in [-0.39, 0.29) is 18.2 Å². The zero-order chi connectivity index (χ0) is 11.4. The maximum absolute atomic E-state index is 10.8. The monoisotopic (exact) mass is 216 g/mol. The Morgan fingerprint density at radius 3 is 2.27 bits per heavy atom. The van der Waals surface area contributed by atoms with Crippen LogP contribution < -0.4 is 0 Å². The Labute approximate surface area is 88.7 Å². The van der Waals surface area contributed by atoms with Crippen molar-refractivity contribution in [1.82, 2.24) is 0 Å². The SMILES string of the molecule is CC(=O)OC1C[C@@H](OC(C)=O)C[C@@H](C)O1. The molecule has 0 aromatic carbocycles. The van der Waals surface area contributed by atoms with E-state index in [9.17, 15) is 9.59 Å². The number of esters is 2. The first-order valence-electron chi connectivity index (χ1n) is 4.97. The van der Waals surface area contributed by atoms with Crippen LogP contribution in [0.1, 0.15) is 33.6 Å². The van der Waals surface area contributed by atoms with Crippen LogP contribution in [0.2, 0.25) is 0 Å². The van der Waals surface area contributed by atoms with Gasteiger partial charge in [0.15, 0.2) is 0 Å². The Morgan fingerprint density at radius 1 is 1.13 bits per heavy atom. The maximum Gasteiger partial charge on any atom is 0.304 e. The summed E-state index contributed by atoms with van der Waals surface area (Å²) in [6, 6.07) is 0. The van der Waals surface area contributed by atoms with Gasteiger partial charge in [0.1, 0.15) is 6.10 Å². The van der Waals surface area contributed by atoms with Crippen LogP contribution in [0.3, 0.4) is 0 Å². The van der Waals surface area contributed by atoms with Gasteiger partial charge in [-0.2, -0.15) is 0 Å². The van der Waals surface area contributed by atoms with E-state index in [1.165, 1.54) is 13.8 Å². The molecule has 3 atom stereocenters. The fraction of sp³-hybridized carbons (Fsp3) is 0.800. The first-order valence-corrected chi connectivity index (χ1v) is 4.97. The first kappa shape index (κ1) is 12.0. The van der Waals surface area contributed by atoms with Crippen molar-refractivity contribution in [3.63, 3.8) is 0 Å². The second-order valence-electron chi connectivity index (χ2n) is 3.69. The summed E-state index contributed by atoms with van der Waals surface area (Å²) in [5.41, 5.74) is 0. The van der Waals surface area contributed by atoms with Gasteiger partial charge in [-0.3, -0.25) is 9.59 Å². The standard InChI is InChI=1S/C10H16O5/c1-6-4-9(14-7(2)11)5-10(13-6)15-8(3)12/h6,9-10H,4-5H2,1-3H3/t6-,9+,10?/m1/s1. The topological polar surface area (TPSA) is 61.8 Å². The third-order valence-corrected chi connectivity index (χ3v) is 2.06. The number of hydrogen-bond donors (Lipinski definition) is 0. The quantitative estimate of drug-likeness (QED) is 0.644. The fourth-order valence-corrected chi connectivity index (χ4v) is 1.64. The third kappa shape index (κ3) is 4.29. The molecule has 0 aromatic heterocycles. The molecule has 5 heteroatoms. The molecule has 1 rings (SSSR count). The van der Waals surface area contributed by atoms with Gasteiger partial charge < -0.3 is 14.2 Å². The van der Waals surface area contributed by atoms with Crippen molar-refractivity contribution in [2.24, 2.45) is 0 Å². The molecule has 0 radical (unpaired) electrons. The van der Waals surface area contributed by atoms with Crippen LogP contribution in [0.5, 0.6) is 0 Å². The molecule has 1 fully saturated rings. The van der Waals surface area contributed by atoms with Crippen molar-refractivity contribution in [3.05, 3.63) is 0 Å². The lowest BCUT2D eigenvalue weighted by Gasteiger charge is -2.32. The van der Waals surface area contributed by atoms with E-state index in [1.54, 1.807) is 0 Å². The number of hydrogen-bond acceptors (Lipinski definition) is 5. The highest BCUT2D eigenvalue weighted by Gasteiger charge is 2.30. The van der Waals surface area contributed by atoms with Gasteiger partial charge in [0.05, 0.1) is 6.10 Å². The molecule has 0 spiro atoms. The average Bonchev–Trinajstić information content (AvgIpc) is 1.98. The second-order valence-corrected chi connectivity index (χ2v) is 3.69. The van der Waals surface area contributed by atoms with Crippen molar-refractivity contribution in [1.29, 1.82) is 0 Å². The first-order chi connectivity index (χ1) is 6.97. The number of rotatable bonds is 2. The van der Waals surface area contributed by atoms with E-state index in [2.05, 4.69) is 0 Å². The van der Waals surface area contributed by atoms with E-state index >= 15 is 0 Å². The normalized spacial score (nSPS) is 30.7. The lowest BCUT2D eigenvalue weighted by Crippen LogP contribution is -2.38. The Morgan fingerprint density at radius 2 is 1.73 bits per heavy atom. The smallest absolute Gasteiger partial charge is 0.304 e. The summed E-state index contributed by atoms with van der Waals surface area (Å²) in [7, 11) is 0. The van der Waals surface area contributed by atoms with Crippen LogP contribution in [0.4, 0.5) is 0 Å². The molecule has 0 bridgehead atoms. The van der Waals surface area contributed by atoms with Gasteiger partial charge >= 0.3 is 11.9 Å². The van der Waals surface area contributed by atoms with E-state index in [0.29, 0.717) is 12.8 Å². The molecule has 1 unspecified atom stereocenters.